The number of aromatic nitrogens is 3. The Hall–Kier alpha value is -1.29. The van der Waals surface area contributed by atoms with E-state index < -0.39 is 0 Å². The van der Waals surface area contributed by atoms with E-state index in [2.05, 4.69) is 40.9 Å². The van der Waals surface area contributed by atoms with Gasteiger partial charge in [-0.25, -0.2) is 4.98 Å². The van der Waals surface area contributed by atoms with Crippen LogP contribution in [0.3, 0.4) is 0 Å². The zero-order valence-corrected chi connectivity index (χ0v) is 16.1. The van der Waals surface area contributed by atoms with Gasteiger partial charge in [0.2, 0.25) is 11.7 Å². The van der Waals surface area contributed by atoms with E-state index in [-0.39, 0.29) is 0 Å². The van der Waals surface area contributed by atoms with Crippen molar-refractivity contribution in [3.8, 4) is 10.7 Å². The normalized spacial score (nSPS) is 16.5. The van der Waals surface area contributed by atoms with Crippen molar-refractivity contribution < 1.29 is 4.52 Å². The van der Waals surface area contributed by atoms with E-state index in [9.17, 15) is 0 Å². The summed E-state index contributed by atoms with van der Waals surface area (Å²) in [7, 11) is 0. The van der Waals surface area contributed by atoms with Gasteiger partial charge in [0.05, 0.1) is 11.4 Å². The summed E-state index contributed by atoms with van der Waals surface area (Å²) in [5.74, 6) is 1.34. The highest BCUT2D eigenvalue weighted by molar-refractivity contribution is 9.10. The van der Waals surface area contributed by atoms with Gasteiger partial charge in [-0.15, -0.1) is 22.7 Å². The molecule has 0 amide bonds. The Bertz CT molecular complexity index is 788. The molecule has 9 heteroatoms. The van der Waals surface area contributed by atoms with Gasteiger partial charge in [0, 0.05) is 47.6 Å². The summed E-state index contributed by atoms with van der Waals surface area (Å²) in [5.41, 5.74) is 0. The minimum Gasteiger partial charge on any atom is -0.347 e. The van der Waals surface area contributed by atoms with Crippen LogP contribution in [0, 0.1) is 0 Å². The number of hydrogen-bond acceptors (Lipinski definition) is 8. The van der Waals surface area contributed by atoms with Gasteiger partial charge in [-0.05, 0) is 28.4 Å². The molecule has 6 nitrogen and oxygen atoms in total. The fourth-order valence-corrected chi connectivity index (χ4v) is 4.78. The molecule has 3 aromatic heterocycles. The summed E-state index contributed by atoms with van der Waals surface area (Å²) in [6.45, 7) is 4.73. The van der Waals surface area contributed by atoms with E-state index in [0.29, 0.717) is 18.3 Å². The second-order valence-electron chi connectivity index (χ2n) is 5.57. The monoisotopic (exact) mass is 425 g/mol. The van der Waals surface area contributed by atoms with Crippen LogP contribution >= 0.6 is 38.6 Å². The Balaban J connectivity index is 1.38. The van der Waals surface area contributed by atoms with Crippen LogP contribution in [-0.4, -0.2) is 46.2 Å². The molecule has 0 radical (unpaired) electrons. The van der Waals surface area contributed by atoms with Crippen LogP contribution in [0.1, 0.15) is 12.3 Å². The van der Waals surface area contributed by atoms with Crippen LogP contribution < -0.4 is 4.90 Å². The Morgan fingerprint density at radius 2 is 2.17 bits per heavy atom. The van der Waals surface area contributed by atoms with Crippen LogP contribution in [0.5, 0.6) is 0 Å². The number of rotatable bonds is 4. The maximum Gasteiger partial charge on any atom is 0.241 e. The maximum atomic E-state index is 5.44. The first-order valence-electron chi connectivity index (χ1n) is 7.72. The first-order chi connectivity index (χ1) is 11.8. The Labute approximate surface area is 156 Å². The number of thiazole rings is 1. The summed E-state index contributed by atoms with van der Waals surface area (Å²) < 4.78 is 6.48. The third-order valence-corrected chi connectivity index (χ3v) is 6.41. The molecule has 0 saturated carbocycles. The van der Waals surface area contributed by atoms with Crippen molar-refractivity contribution in [1.82, 2.24) is 20.0 Å². The highest BCUT2D eigenvalue weighted by Gasteiger charge is 2.19. The minimum absolute atomic E-state index is 0.667. The molecule has 0 aliphatic carbocycles. The molecule has 126 valence electrons. The number of halogens is 1. The number of hydrogen-bond donors (Lipinski definition) is 0. The van der Waals surface area contributed by atoms with Gasteiger partial charge in [-0.2, -0.15) is 4.98 Å². The lowest BCUT2D eigenvalue weighted by Crippen LogP contribution is -2.30. The Kier molecular flexibility index (Phi) is 4.93. The van der Waals surface area contributed by atoms with Crippen molar-refractivity contribution in [2.24, 2.45) is 0 Å². The molecular formula is C15H16BrN5OS2. The van der Waals surface area contributed by atoms with Gasteiger partial charge in [0.1, 0.15) is 0 Å². The van der Waals surface area contributed by atoms with E-state index in [1.54, 1.807) is 22.7 Å². The molecule has 1 aliphatic rings. The fourth-order valence-electron chi connectivity index (χ4n) is 2.73. The molecule has 0 atom stereocenters. The lowest BCUT2D eigenvalue weighted by molar-refractivity contribution is 0.239. The van der Waals surface area contributed by atoms with Gasteiger partial charge in [0.15, 0.2) is 5.13 Å². The molecule has 0 aromatic carbocycles. The van der Waals surface area contributed by atoms with Crippen LogP contribution in [0.2, 0.25) is 0 Å². The standard InChI is InChI=1S/C15H16BrN5OS2/c16-11-8-12(24-10-11)14-18-13(22-19-14)9-20-3-1-4-21(6-5-20)15-17-2-7-23-15/h2,7-8,10H,1,3-6,9H2. The molecule has 4 heterocycles. The Morgan fingerprint density at radius 1 is 1.21 bits per heavy atom. The summed E-state index contributed by atoms with van der Waals surface area (Å²) in [6.07, 6.45) is 2.98. The smallest absolute Gasteiger partial charge is 0.241 e. The molecule has 0 spiro atoms. The minimum atomic E-state index is 0.667. The molecule has 24 heavy (non-hydrogen) atoms. The highest BCUT2D eigenvalue weighted by atomic mass is 79.9. The predicted octanol–water partition coefficient (Wildman–Crippen LogP) is 3.73. The first kappa shape index (κ1) is 16.2. The van der Waals surface area contributed by atoms with Gasteiger partial charge in [0.25, 0.3) is 0 Å². The third-order valence-electron chi connectivity index (χ3n) is 3.89. The van der Waals surface area contributed by atoms with Gasteiger partial charge < -0.3 is 9.42 Å². The number of anilines is 1. The molecular weight excluding hydrogens is 410 g/mol. The summed E-state index contributed by atoms with van der Waals surface area (Å²) >= 11 is 6.76. The SMILES string of the molecule is Brc1csc(-c2noc(CN3CCCN(c4nccs4)CC3)n2)c1. The summed E-state index contributed by atoms with van der Waals surface area (Å²) in [5, 5.41) is 9.26. The van der Waals surface area contributed by atoms with E-state index >= 15 is 0 Å². The van der Waals surface area contributed by atoms with Crippen molar-refractivity contribution in [2.75, 3.05) is 31.1 Å². The molecule has 1 saturated heterocycles. The Morgan fingerprint density at radius 3 is 2.96 bits per heavy atom. The second-order valence-corrected chi connectivity index (χ2v) is 8.27. The number of nitrogens with zero attached hydrogens (tertiary/aromatic N) is 5. The first-order valence-corrected chi connectivity index (χ1v) is 10.3. The van der Waals surface area contributed by atoms with Crippen molar-refractivity contribution in [3.05, 3.63) is 33.4 Å². The van der Waals surface area contributed by atoms with Crippen molar-refractivity contribution in [2.45, 2.75) is 13.0 Å². The number of thiophene rings is 1. The van der Waals surface area contributed by atoms with Crippen LogP contribution in [0.25, 0.3) is 10.7 Å². The van der Waals surface area contributed by atoms with Gasteiger partial charge in [-0.3, -0.25) is 4.90 Å². The van der Waals surface area contributed by atoms with Crippen molar-refractivity contribution >= 4 is 43.7 Å². The van der Waals surface area contributed by atoms with E-state index in [1.807, 2.05) is 23.0 Å². The molecule has 1 aliphatic heterocycles. The van der Waals surface area contributed by atoms with Crippen LogP contribution in [0.4, 0.5) is 5.13 Å². The molecule has 1 fully saturated rings. The fraction of sp³-hybridized carbons (Fsp3) is 0.400. The zero-order chi connectivity index (χ0) is 16.4. The van der Waals surface area contributed by atoms with E-state index in [4.69, 9.17) is 4.52 Å². The van der Waals surface area contributed by atoms with Gasteiger partial charge >= 0.3 is 0 Å². The quantitative estimate of drug-likeness (QED) is 0.634. The average Bonchev–Trinajstić information content (AvgIpc) is 3.29. The average molecular weight is 426 g/mol. The predicted molar refractivity (Wildman–Crippen MR) is 99.5 cm³/mol. The maximum absolute atomic E-state index is 5.44. The third kappa shape index (κ3) is 3.69. The van der Waals surface area contributed by atoms with Crippen LogP contribution in [0.15, 0.2) is 32.0 Å². The topological polar surface area (TPSA) is 58.3 Å². The zero-order valence-electron chi connectivity index (χ0n) is 12.9. The highest BCUT2D eigenvalue weighted by Crippen LogP contribution is 2.28. The van der Waals surface area contributed by atoms with Gasteiger partial charge in [-0.1, -0.05) is 5.16 Å². The van der Waals surface area contributed by atoms with E-state index in [1.165, 1.54) is 0 Å². The van der Waals surface area contributed by atoms with E-state index in [0.717, 1.165) is 47.1 Å². The molecule has 4 rings (SSSR count). The second kappa shape index (κ2) is 7.30. The van der Waals surface area contributed by atoms with Crippen LogP contribution in [-0.2, 0) is 6.54 Å². The molecule has 3 aromatic rings. The van der Waals surface area contributed by atoms with Crippen molar-refractivity contribution in [3.63, 3.8) is 0 Å². The summed E-state index contributed by atoms with van der Waals surface area (Å²) in [6, 6.07) is 2.01. The molecule has 0 unspecified atom stereocenters. The lowest BCUT2D eigenvalue weighted by Gasteiger charge is -2.20. The molecule has 0 bridgehead atoms. The van der Waals surface area contributed by atoms with Crippen molar-refractivity contribution in [1.29, 1.82) is 0 Å². The lowest BCUT2D eigenvalue weighted by atomic mass is 10.4. The largest absolute Gasteiger partial charge is 0.347 e. The molecule has 0 N–H and O–H groups in total. The summed E-state index contributed by atoms with van der Waals surface area (Å²) in [4.78, 5) is 14.7.